The molecule has 2 aromatic heterocycles. The number of benzene rings is 2. The van der Waals surface area contributed by atoms with Crippen LogP contribution in [0.15, 0.2) is 42.5 Å². The molecule has 1 aliphatic rings. The van der Waals surface area contributed by atoms with Gasteiger partial charge in [0.15, 0.2) is 16.6 Å². The van der Waals surface area contributed by atoms with E-state index in [9.17, 15) is 24.3 Å². The maximum atomic E-state index is 16.0. The Labute approximate surface area is 274 Å². The second kappa shape index (κ2) is 13.5. The van der Waals surface area contributed by atoms with Crippen LogP contribution in [0.3, 0.4) is 0 Å². The van der Waals surface area contributed by atoms with Crippen LogP contribution in [0.2, 0.25) is 0 Å². The van der Waals surface area contributed by atoms with Crippen LogP contribution in [0, 0.1) is 23.0 Å². The molecule has 11 nitrogen and oxygen atoms in total. The summed E-state index contributed by atoms with van der Waals surface area (Å²) < 4.78 is 40.0. The fraction of sp³-hybridized carbons (Fsp3) is 0.364. The molecule has 246 valence electrons. The first kappa shape index (κ1) is 33.5. The number of nitrogens with zero attached hydrogens (tertiary/aromatic N) is 6. The summed E-state index contributed by atoms with van der Waals surface area (Å²) in [6.07, 6.45) is -0.540. The predicted octanol–water partition coefficient (Wildman–Crippen LogP) is 5.87. The molecular formula is C33H34F2N6O5S. The molecule has 1 N–H and O–H groups in total. The molecule has 14 heteroatoms. The molecule has 47 heavy (non-hydrogen) atoms. The van der Waals surface area contributed by atoms with Crippen LogP contribution in [0.1, 0.15) is 43.1 Å². The van der Waals surface area contributed by atoms with Crippen LogP contribution in [0.4, 0.5) is 30.1 Å². The molecule has 3 heterocycles. The van der Waals surface area contributed by atoms with Crippen LogP contribution in [0.5, 0.6) is 0 Å². The van der Waals surface area contributed by atoms with Gasteiger partial charge in [-0.25, -0.2) is 28.3 Å². The Kier molecular flexibility index (Phi) is 9.60. The third-order valence-electron chi connectivity index (χ3n) is 7.58. The molecule has 1 aliphatic heterocycles. The minimum absolute atomic E-state index is 0.0768. The zero-order chi connectivity index (χ0) is 34.0. The Morgan fingerprint density at radius 1 is 1.15 bits per heavy atom. The number of piperazine rings is 1. The van der Waals surface area contributed by atoms with Gasteiger partial charge in [0.05, 0.1) is 25.4 Å². The first-order valence-corrected chi connectivity index (χ1v) is 15.7. The molecule has 0 spiro atoms. The summed E-state index contributed by atoms with van der Waals surface area (Å²) in [4.78, 5) is 39.9. The minimum Gasteiger partial charge on any atom is -0.464 e. The van der Waals surface area contributed by atoms with Crippen molar-refractivity contribution in [1.82, 2.24) is 14.9 Å². The average Bonchev–Trinajstić information content (AvgIpc) is 3.48. The first-order chi connectivity index (χ1) is 22.4. The maximum Gasteiger partial charge on any atom is 0.410 e. The molecule has 0 saturated carbocycles. The Balaban J connectivity index is 1.59. The van der Waals surface area contributed by atoms with Crippen molar-refractivity contribution in [1.29, 1.82) is 5.26 Å². The van der Waals surface area contributed by atoms with Gasteiger partial charge in [-0.2, -0.15) is 5.26 Å². The number of carbonyl (C=O) groups excluding carboxylic acids is 2. The van der Waals surface area contributed by atoms with E-state index in [1.54, 1.807) is 31.7 Å². The van der Waals surface area contributed by atoms with Crippen LogP contribution < -0.4 is 9.80 Å². The molecule has 1 fully saturated rings. The molecule has 1 saturated heterocycles. The summed E-state index contributed by atoms with van der Waals surface area (Å²) in [7, 11) is 1.20. The molecule has 0 radical (unpaired) electrons. The van der Waals surface area contributed by atoms with E-state index in [1.807, 2.05) is 11.8 Å². The zero-order valence-corrected chi connectivity index (χ0v) is 27.4. The molecule has 1 amide bonds. The maximum absolute atomic E-state index is 16.0. The molecule has 0 unspecified atom stereocenters. The van der Waals surface area contributed by atoms with Gasteiger partial charge in [0.2, 0.25) is 0 Å². The highest BCUT2D eigenvalue weighted by molar-refractivity contribution is 7.16. The summed E-state index contributed by atoms with van der Waals surface area (Å²) in [5.41, 5.74) is 0.878. The fourth-order valence-electron chi connectivity index (χ4n) is 5.39. The Bertz CT molecular complexity index is 1850. The van der Waals surface area contributed by atoms with E-state index in [0.717, 1.165) is 11.3 Å². The largest absolute Gasteiger partial charge is 0.464 e. The number of ether oxygens (including phenoxy) is 2. The van der Waals surface area contributed by atoms with E-state index in [1.165, 1.54) is 48.4 Å². The van der Waals surface area contributed by atoms with Crippen molar-refractivity contribution in [2.75, 3.05) is 49.7 Å². The minimum atomic E-state index is -0.763. The highest BCUT2D eigenvalue weighted by Gasteiger charge is 2.34. The molecule has 0 bridgehead atoms. The summed E-state index contributed by atoms with van der Waals surface area (Å²) in [5, 5.41) is 20.8. The normalized spacial score (nSPS) is 15.0. The standard InChI is InChI=1S/C33H34F2N6O5S/c1-6-40(31-38-28(27(16-36)47-31)19-7-9-20(34)10-8-19)26-15-25(30(43)45-5)37-29-23(26)13-21(14-24(29)35)39-11-12-41(22(17-39)18-42)32(44)46-33(2,3)4/h7-10,13-15,22,42H,6,11-12,17-18H2,1-5H3/t22-/m0/s1. The van der Waals surface area contributed by atoms with E-state index in [-0.39, 0.29) is 30.9 Å². The molecule has 5 rings (SSSR count). The Hall–Kier alpha value is -4.87. The molecule has 4 aromatic rings. The quantitative estimate of drug-likeness (QED) is 0.239. The Morgan fingerprint density at radius 2 is 1.87 bits per heavy atom. The average molecular weight is 665 g/mol. The van der Waals surface area contributed by atoms with Crippen molar-refractivity contribution in [2.24, 2.45) is 0 Å². The van der Waals surface area contributed by atoms with E-state index in [4.69, 9.17) is 14.5 Å². The molecule has 2 aromatic carbocycles. The van der Waals surface area contributed by atoms with Gasteiger partial charge in [0.1, 0.15) is 33.6 Å². The van der Waals surface area contributed by atoms with Crippen LogP contribution in [-0.2, 0) is 9.47 Å². The summed E-state index contributed by atoms with van der Waals surface area (Å²) in [5.74, 6) is -1.88. The summed E-state index contributed by atoms with van der Waals surface area (Å²) in [6.45, 7) is 7.90. The van der Waals surface area contributed by atoms with Crippen molar-refractivity contribution in [3.8, 4) is 17.3 Å². The van der Waals surface area contributed by atoms with Crippen molar-refractivity contribution in [2.45, 2.75) is 39.3 Å². The molecule has 0 aliphatic carbocycles. The van der Waals surface area contributed by atoms with Gasteiger partial charge in [0.25, 0.3) is 0 Å². The highest BCUT2D eigenvalue weighted by atomic mass is 32.1. The third kappa shape index (κ3) is 6.96. The van der Waals surface area contributed by atoms with Crippen molar-refractivity contribution in [3.63, 3.8) is 0 Å². The number of carbonyl (C=O) groups is 2. The lowest BCUT2D eigenvalue weighted by atomic mass is 10.1. The number of esters is 1. The summed E-state index contributed by atoms with van der Waals surface area (Å²) in [6, 6.07) is 11.7. The van der Waals surface area contributed by atoms with Gasteiger partial charge in [0, 0.05) is 42.8 Å². The second-order valence-corrected chi connectivity index (χ2v) is 12.8. The number of halogens is 2. The van der Waals surface area contributed by atoms with E-state index in [0.29, 0.717) is 51.1 Å². The number of aromatic nitrogens is 2. The Morgan fingerprint density at radius 3 is 2.49 bits per heavy atom. The zero-order valence-electron chi connectivity index (χ0n) is 26.6. The number of aliphatic hydroxyl groups is 1. The second-order valence-electron chi connectivity index (χ2n) is 11.8. The van der Waals surface area contributed by atoms with Gasteiger partial charge in [-0.1, -0.05) is 11.3 Å². The molecular weight excluding hydrogens is 630 g/mol. The third-order valence-corrected chi connectivity index (χ3v) is 8.57. The number of aliphatic hydroxyl groups excluding tert-OH is 1. The van der Waals surface area contributed by atoms with Gasteiger partial charge in [-0.15, -0.1) is 0 Å². The number of hydrogen-bond donors (Lipinski definition) is 1. The van der Waals surface area contributed by atoms with E-state index >= 15 is 4.39 Å². The number of methoxy groups -OCH3 is 1. The number of fused-ring (bicyclic) bond motifs is 1. The number of thiazole rings is 1. The number of nitriles is 1. The van der Waals surface area contributed by atoms with Crippen LogP contribution in [-0.4, -0.2) is 83.6 Å². The number of anilines is 3. The van der Waals surface area contributed by atoms with E-state index < -0.39 is 35.3 Å². The lowest BCUT2D eigenvalue weighted by Gasteiger charge is -2.42. The lowest BCUT2D eigenvalue weighted by molar-refractivity contribution is 0.00702. The predicted molar refractivity (Wildman–Crippen MR) is 174 cm³/mol. The highest BCUT2D eigenvalue weighted by Crippen LogP contribution is 2.40. The monoisotopic (exact) mass is 664 g/mol. The van der Waals surface area contributed by atoms with Crippen molar-refractivity contribution < 1.29 is 33.0 Å². The van der Waals surface area contributed by atoms with Gasteiger partial charge < -0.3 is 24.4 Å². The molecule has 1 atom stereocenters. The first-order valence-electron chi connectivity index (χ1n) is 14.9. The number of amides is 1. The van der Waals surface area contributed by atoms with Crippen LogP contribution in [0.25, 0.3) is 22.2 Å². The van der Waals surface area contributed by atoms with Gasteiger partial charge in [-0.3, -0.25) is 4.90 Å². The SMILES string of the molecule is CCN(c1nc(-c2ccc(F)cc2)c(C#N)s1)c1cc(C(=O)OC)nc2c(F)cc(N3CCN(C(=O)OC(C)(C)C)[C@H](CO)C3)cc12. The van der Waals surface area contributed by atoms with Crippen molar-refractivity contribution in [3.05, 3.63) is 64.7 Å². The van der Waals surface area contributed by atoms with Crippen molar-refractivity contribution >= 4 is 50.8 Å². The number of pyridine rings is 1. The number of hydrogen-bond acceptors (Lipinski definition) is 11. The topological polar surface area (TPSA) is 132 Å². The fourth-order valence-corrected chi connectivity index (χ4v) is 6.35. The van der Waals surface area contributed by atoms with E-state index in [2.05, 4.69) is 11.1 Å². The van der Waals surface area contributed by atoms with Crippen LogP contribution >= 0.6 is 11.3 Å². The number of rotatable bonds is 7. The van der Waals surface area contributed by atoms with Gasteiger partial charge >= 0.3 is 12.1 Å². The smallest absolute Gasteiger partial charge is 0.410 e. The van der Waals surface area contributed by atoms with Gasteiger partial charge in [-0.05, 0) is 70.2 Å². The lowest BCUT2D eigenvalue weighted by Crippen LogP contribution is -2.57. The summed E-state index contributed by atoms with van der Waals surface area (Å²) >= 11 is 1.10.